The first-order chi connectivity index (χ1) is 17.6. The van der Waals surface area contributed by atoms with Gasteiger partial charge in [0.1, 0.15) is 17.3 Å². The van der Waals surface area contributed by atoms with Crippen molar-refractivity contribution in [2.24, 2.45) is 5.92 Å². The van der Waals surface area contributed by atoms with Gasteiger partial charge in [0, 0.05) is 42.5 Å². The molecule has 3 heterocycles. The first kappa shape index (κ1) is 22.3. The van der Waals surface area contributed by atoms with Gasteiger partial charge in [-0.05, 0) is 67.6 Å². The molecule has 36 heavy (non-hydrogen) atoms. The molecule has 7 nitrogen and oxygen atoms in total. The summed E-state index contributed by atoms with van der Waals surface area (Å²) in [7, 11) is 0. The second-order valence-electron chi connectivity index (χ2n) is 9.69. The largest absolute Gasteiger partial charge is 0.478 e. The summed E-state index contributed by atoms with van der Waals surface area (Å²) in [6.45, 7) is 2.97. The highest BCUT2D eigenvalue weighted by Gasteiger charge is 2.27. The van der Waals surface area contributed by atoms with Gasteiger partial charge < -0.3 is 19.7 Å². The lowest BCUT2D eigenvalue weighted by Gasteiger charge is -2.21. The molecule has 1 aliphatic carbocycles. The van der Waals surface area contributed by atoms with Crippen molar-refractivity contribution >= 4 is 22.8 Å². The van der Waals surface area contributed by atoms with Gasteiger partial charge in [0.05, 0.1) is 16.8 Å². The van der Waals surface area contributed by atoms with E-state index in [2.05, 4.69) is 21.3 Å². The van der Waals surface area contributed by atoms with E-state index in [0.29, 0.717) is 28.5 Å². The maximum absolute atomic E-state index is 11.2. The maximum atomic E-state index is 11.2. The molecule has 2 aromatic heterocycles. The first-order valence-electron chi connectivity index (χ1n) is 12.3. The molecule has 180 valence electrons. The third kappa shape index (κ3) is 4.32. The fourth-order valence-corrected chi connectivity index (χ4v) is 4.95. The van der Waals surface area contributed by atoms with Gasteiger partial charge >= 0.3 is 5.97 Å². The molecule has 0 amide bonds. The summed E-state index contributed by atoms with van der Waals surface area (Å²) in [5, 5.41) is 22.8. The molecule has 0 radical (unpaired) electrons. The molecule has 1 aliphatic heterocycles. The molecule has 1 unspecified atom stereocenters. The van der Waals surface area contributed by atoms with Gasteiger partial charge in [-0.2, -0.15) is 5.26 Å². The van der Waals surface area contributed by atoms with Crippen LogP contribution in [-0.4, -0.2) is 41.7 Å². The average molecular weight is 479 g/mol. The number of rotatable bonds is 7. The van der Waals surface area contributed by atoms with Gasteiger partial charge in [-0.3, -0.25) is 4.98 Å². The quantitative estimate of drug-likeness (QED) is 0.371. The van der Waals surface area contributed by atoms with E-state index >= 15 is 0 Å². The monoisotopic (exact) mass is 478 g/mol. The average Bonchev–Trinajstić information content (AvgIpc) is 3.44. The Morgan fingerprint density at radius 2 is 1.92 bits per heavy atom. The molecule has 2 aliphatic rings. The number of carboxylic acid groups (broad SMARTS) is 1. The highest BCUT2D eigenvalue weighted by atomic mass is 16.4. The SMILES string of the molecule is N#Cc1cc(-c2ccnc3cc(-c4ccc(C(=O)O)cc4)oc23)ccc1N1CCC(NCC2CC2)C1. The van der Waals surface area contributed by atoms with Crippen LogP contribution in [0.2, 0.25) is 0 Å². The van der Waals surface area contributed by atoms with Crippen LogP contribution in [0.1, 0.15) is 35.2 Å². The van der Waals surface area contributed by atoms with E-state index in [-0.39, 0.29) is 5.56 Å². The molecule has 4 aromatic rings. The molecular weight excluding hydrogens is 452 g/mol. The fourth-order valence-electron chi connectivity index (χ4n) is 4.95. The van der Waals surface area contributed by atoms with Crippen molar-refractivity contribution in [3.63, 3.8) is 0 Å². The number of hydrogen-bond acceptors (Lipinski definition) is 6. The van der Waals surface area contributed by atoms with Gasteiger partial charge in [0.25, 0.3) is 0 Å². The van der Waals surface area contributed by atoms with E-state index in [0.717, 1.165) is 54.4 Å². The van der Waals surface area contributed by atoms with E-state index in [1.54, 1.807) is 30.5 Å². The second kappa shape index (κ2) is 9.14. The third-order valence-corrected chi connectivity index (χ3v) is 7.18. The lowest BCUT2D eigenvalue weighted by Crippen LogP contribution is -2.34. The first-order valence-corrected chi connectivity index (χ1v) is 12.3. The standard InChI is InChI=1S/C29H26N4O3/c30-15-22-13-21(7-8-26(22)33-12-10-23(17-33)32-16-18-1-2-18)24-9-11-31-25-14-27(36-28(24)25)19-3-5-20(6-4-19)29(34)35/h3-9,11,13-14,18,23,32H,1-2,10,12,16-17H2,(H,34,35). The fraction of sp³-hybridized carbons (Fsp3) is 0.276. The number of fused-ring (bicyclic) bond motifs is 1. The summed E-state index contributed by atoms with van der Waals surface area (Å²) in [6.07, 6.45) is 5.52. The Kier molecular flexibility index (Phi) is 5.67. The molecule has 2 fully saturated rings. The van der Waals surface area contributed by atoms with Crippen molar-refractivity contribution in [3.05, 3.63) is 71.9 Å². The van der Waals surface area contributed by atoms with Crippen molar-refractivity contribution in [1.82, 2.24) is 10.3 Å². The molecule has 2 aromatic carbocycles. The molecule has 0 bridgehead atoms. The number of carboxylic acids is 1. The Morgan fingerprint density at radius 1 is 1.11 bits per heavy atom. The van der Waals surface area contributed by atoms with Crippen LogP contribution in [0.5, 0.6) is 0 Å². The van der Waals surface area contributed by atoms with E-state index in [1.807, 2.05) is 30.3 Å². The van der Waals surface area contributed by atoms with Gasteiger partial charge in [0.2, 0.25) is 0 Å². The molecule has 7 heteroatoms. The molecular formula is C29H26N4O3. The zero-order valence-electron chi connectivity index (χ0n) is 19.8. The number of nitrogens with zero attached hydrogens (tertiary/aromatic N) is 3. The van der Waals surface area contributed by atoms with Gasteiger partial charge in [-0.1, -0.05) is 18.2 Å². The van der Waals surface area contributed by atoms with Crippen LogP contribution in [0.4, 0.5) is 5.69 Å². The van der Waals surface area contributed by atoms with E-state index in [4.69, 9.17) is 9.52 Å². The number of aromatic carboxylic acids is 1. The van der Waals surface area contributed by atoms with Gasteiger partial charge in [0.15, 0.2) is 5.58 Å². The number of anilines is 1. The molecule has 0 spiro atoms. The topological polar surface area (TPSA) is 102 Å². The number of aromatic nitrogens is 1. The minimum absolute atomic E-state index is 0.223. The number of nitriles is 1. The minimum Gasteiger partial charge on any atom is -0.478 e. The molecule has 1 saturated carbocycles. The maximum Gasteiger partial charge on any atom is 0.335 e. The third-order valence-electron chi connectivity index (χ3n) is 7.18. The summed E-state index contributed by atoms with van der Waals surface area (Å²) in [5.41, 5.74) is 5.72. The van der Waals surface area contributed by atoms with Crippen LogP contribution in [0.25, 0.3) is 33.6 Å². The summed E-state index contributed by atoms with van der Waals surface area (Å²) >= 11 is 0. The Hall–Kier alpha value is -4.15. The lowest BCUT2D eigenvalue weighted by molar-refractivity contribution is 0.0697. The Balaban J connectivity index is 1.28. The van der Waals surface area contributed by atoms with E-state index in [1.165, 1.54) is 12.8 Å². The molecule has 6 rings (SSSR count). The second-order valence-corrected chi connectivity index (χ2v) is 9.69. The number of pyridine rings is 1. The number of furan rings is 1. The van der Waals surface area contributed by atoms with Crippen LogP contribution < -0.4 is 10.2 Å². The number of carbonyl (C=O) groups is 1. The Morgan fingerprint density at radius 3 is 2.67 bits per heavy atom. The Labute approximate surface area is 209 Å². The predicted octanol–water partition coefficient (Wildman–Crippen LogP) is 5.31. The zero-order chi connectivity index (χ0) is 24.6. The zero-order valence-corrected chi connectivity index (χ0v) is 19.8. The smallest absolute Gasteiger partial charge is 0.335 e. The van der Waals surface area contributed by atoms with E-state index in [9.17, 15) is 10.1 Å². The lowest BCUT2D eigenvalue weighted by atomic mass is 10.0. The minimum atomic E-state index is -0.967. The van der Waals surface area contributed by atoms with Crippen molar-refractivity contribution in [2.45, 2.75) is 25.3 Å². The summed E-state index contributed by atoms with van der Waals surface area (Å²) in [5.74, 6) is 0.503. The van der Waals surface area contributed by atoms with Crippen LogP contribution >= 0.6 is 0 Å². The predicted molar refractivity (Wildman–Crippen MR) is 138 cm³/mol. The number of hydrogen-bond donors (Lipinski definition) is 2. The van der Waals surface area contributed by atoms with Crippen LogP contribution in [0.15, 0.2) is 65.2 Å². The summed E-state index contributed by atoms with van der Waals surface area (Å²) < 4.78 is 6.20. The summed E-state index contributed by atoms with van der Waals surface area (Å²) in [4.78, 5) is 17.9. The van der Waals surface area contributed by atoms with E-state index < -0.39 is 5.97 Å². The van der Waals surface area contributed by atoms with Crippen molar-refractivity contribution < 1.29 is 14.3 Å². The molecule has 2 N–H and O–H groups in total. The van der Waals surface area contributed by atoms with Crippen LogP contribution in [0, 0.1) is 17.2 Å². The normalized spacial score (nSPS) is 17.4. The molecule has 1 saturated heterocycles. The molecule has 1 atom stereocenters. The van der Waals surface area contributed by atoms with Gasteiger partial charge in [-0.25, -0.2) is 4.79 Å². The highest BCUT2D eigenvalue weighted by Crippen LogP contribution is 2.36. The van der Waals surface area contributed by atoms with Crippen molar-refractivity contribution in [3.8, 4) is 28.5 Å². The van der Waals surface area contributed by atoms with Gasteiger partial charge in [-0.15, -0.1) is 0 Å². The number of nitrogens with one attached hydrogen (secondary N) is 1. The highest BCUT2D eigenvalue weighted by molar-refractivity contribution is 5.93. The Bertz CT molecular complexity index is 1480. The summed E-state index contributed by atoms with van der Waals surface area (Å²) in [6, 6.07) is 19.2. The van der Waals surface area contributed by atoms with Crippen molar-refractivity contribution in [2.75, 3.05) is 24.5 Å². The van der Waals surface area contributed by atoms with Crippen molar-refractivity contribution in [1.29, 1.82) is 5.26 Å². The number of benzene rings is 2. The van der Waals surface area contributed by atoms with Crippen LogP contribution in [-0.2, 0) is 0 Å². The van der Waals surface area contributed by atoms with Crippen LogP contribution in [0.3, 0.4) is 0 Å².